The average molecular weight is 187 g/mol. The summed E-state index contributed by atoms with van der Waals surface area (Å²) < 4.78 is 4.82. The Morgan fingerprint density at radius 2 is 2.38 bits per heavy atom. The van der Waals surface area contributed by atoms with E-state index in [-0.39, 0.29) is 17.6 Å². The number of carboxylic acids is 1. The van der Waals surface area contributed by atoms with Crippen LogP contribution in [0, 0.1) is 0 Å². The van der Waals surface area contributed by atoms with Crippen molar-refractivity contribution in [3.8, 4) is 0 Å². The number of nitrogens with zero attached hydrogens (tertiary/aromatic N) is 1. The average Bonchev–Trinajstić information content (AvgIpc) is 2.51. The summed E-state index contributed by atoms with van der Waals surface area (Å²) in [7, 11) is 1.27. The van der Waals surface area contributed by atoms with Crippen LogP contribution in [0.4, 0.5) is 0 Å². The lowest BCUT2D eigenvalue weighted by molar-refractivity contribution is -0.129. The summed E-state index contributed by atoms with van der Waals surface area (Å²) in [6, 6.07) is 3.06. The summed E-state index contributed by atoms with van der Waals surface area (Å²) in [5, 5.41) is 11.9. The summed E-state index contributed by atoms with van der Waals surface area (Å²) in [5.41, 5.74) is -0.248. The normalized spacial score (nSPS) is 10.4. The highest BCUT2D eigenvalue weighted by Gasteiger charge is 2.15. The number of carbonyl (C=O) groups is 1. The van der Waals surface area contributed by atoms with Crippen molar-refractivity contribution in [2.45, 2.75) is 0 Å². The molecule has 1 heterocycles. The zero-order valence-corrected chi connectivity index (χ0v) is 7.35. The number of hydrogen-bond donors (Lipinski definition) is 2. The lowest BCUT2D eigenvalue weighted by Gasteiger charge is -1.94. The van der Waals surface area contributed by atoms with Gasteiger partial charge in [-0.3, -0.25) is 0 Å². The van der Waals surface area contributed by atoms with Gasteiger partial charge < -0.3 is 20.5 Å². The van der Waals surface area contributed by atoms with Crippen molar-refractivity contribution >= 4 is 11.7 Å². The van der Waals surface area contributed by atoms with E-state index in [4.69, 9.17) is 9.52 Å². The third-order valence-electron chi connectivity index (χ3n) is 1.14. The topological polar surface area (TPSA) is 109 Å². The first kappa shape index (κ1) is 11.2. The monoisotopic (exact) mass is 187 g/mol. The van der Waals surface area contributed by atoms with Crippen LogP contribution in [0.25, 0.3) is 0 Å². The highest BCUT2D eigenvalue weighted by Crippen LogP contribution is 2.02. The fourth-order valence-electron chi connectivity index (χ4n) is 0.694. The Kier molecular flexibility index (Phi) is 4.25. The molecule has 6 heteroatoms. The highest BCUT2D eigenvalue weighted by atomic mass is 16.6. The van der Waals surface area contributed by atoms with Crippen LogP contribution in [0.3, 0.4) is 0 Å². The highest BCUT2D eigenvalue weighted by molar-refractivity contribution is 6.41. The summed E-state index contributed by atoms with van der Waals surface area (Å²) in [6.07, 6.45) is 1.36. The minimum Gasteiger partial charge on any atom is -0.476 e. The van der Waals surface area contributed by atoms with E-state index in [2.05, 4.69) is 9.99 Å². The van der Waals surface area contributed by atoms with E-state index >= 15 is 0 Å². The molecule has 0 atom stereocenters. The Bertz CT molecular complexity index is 291. The maximum absolute atomic E-state index is 10.5. The van der Waals surface area contributed by atoms with Crippen molar-refractivity contribution < 1.29 is 19.2 Å². The molecule has 0 aliphatic rings. The molecule has 0 aliphatic carbocycles. The predicted octanol–water partition coefficient (Wildman–Crippen LogP) is 1.09. The first-order chi connectivity index (χ1) is 5.75. The molecule has 0 aliphatic heterocycles. The number of hydrogen-bond acceptors (Lipinski definition) is 4. The van der Waals surface area contributed by atoms with Crippen LogP contribution in [0.5, 0.6) is 0 Å². The minimum absolute atomic E-state index is 0. The van der Waals surface area contributed by atoms with Crippen LogP contribution in [0.2, 0.25) is 0 Å². The van der Waals surface area contributed by atoms with Crippen molar-refractivity contribution in [1.82, 2.24) is 6.15 Å². The Labute approximate surface area is 74.4 Å². The van der Waals surface area contributed by atoms with Crippen molar-refractivity contribution in [2.24, 2.45) is 5.16 Å². The standard InChI is InChI=1S/C7H7NO4.H3N/c1-11-8-6(7(9)10)5-3-2-4-12-5;/h2-4H,1H3,(H,9,10);1H3/p+1/b8-6-;. The molecule has 0 amide bonds. The molecule has 1 rings (SSSR count). The van der Waals surface area contributed by atoms with Crippen LogP contribution in [0.15, 0.2) is 28.0 Å². The van der Waals surface area contributed by atoms with E-state index in [1.54, 1.807) is 6.07 Å². The SMILES string of the molecule is CO/N=C(\C(=O)O)c1ccco1.[NH4+]. The number of quaternary nitrogens is 1. The van der Waals surface area contributed by atoms with Gasteiger partial charge in [0, 0.05) is 0 Å². The first-order valence-corrected chi connectivity index (χ1v) is 3.14. The van der Waals surface area contributed by atoms with Gasteiger partial charge in [-0.05, 0) is 12.1 Å². The van der Waals surface area contributed by atoms with Crippen molar-refractivity contribution in [3.05, 3.63) is 24.2 Å². The van der Waals surface area contributed by atoms with Crippen LogP contribution in [0.1, 0.15) is 5.76 Å². The minimum atomic E-state index is -1.19. The second kappa shape index (κ2) is 4.94. The molecule has 0 saturated carbocycles. The molecule has 0 spiro atoms. The molecule has 1 aromatic rings. The summed E-state index contributed by atoms with van der Waals surface area (Å²) in [5.74, 6) is -1.02. The second-order valence-electron chi connectivity index (χ2n) is 1.90. The Hall–Kier alpha value is -1.82. The van der Waals surface area contributed by atoms with Crippen molar-refractivity contribution in [3.63, 3.8) is 0 Å². The van der Waals surface area contributed by atoms with Crippen molar-refractivity contribution in [1.29, 1.82) is 0 Å². The second-order valence-corrected chi connectivity index (χ2v) is 1.90. The number of aliphatic carboxylic acids is 1. The maximum atomic E-state index is 10.5. The molecular weight excluding hydrogens is 176 g/mol. The molecule has 0 aromatic carbocycles. The van der Waals surface area contributed by atoms with Gasteiger partial charge in [0.25, 0.3) is 0 Å². The quantitative estimate of drug-likeness (QED) is 0.545. The van der Waals surface area contributed by atoms with E-state index in [9.17, 15) is 4.79 Å². The van der Waals surface area contributed by atoms with E-state index in [1.165, 1.54) is 19.4 Å². The predicted molar refractivity (Wildman–Crippen MR) is 45.9 cm³/mol. The molecular formula is C7H11N2O4+. The molecule has 1 aromatic heterocycles. The van der Waals surface area contributed by atoms with Crippen LogP contribution in [-0.2, 0) is 9.63 Å². The van der Waals surface area contributed by atoms with E-state index in [0.717, 1.165) is 0 Å². The third kappa shape index (κ3) is 2.60. The van der Waals surface area contributed by atoms with Gasteiger partial charge in [-0.1, -0.05) is 5.16 Å². The fraction of sp³-hybridized carbons (Fsp3) is 0.143. The van der Waals surface area contributed by atoms with Crippen LogP contribution >= 0.6 is 0 Å². The van der Waals surface area contributed by atoms with Gasteiger partial charge in [-0.2, -0.15) is 0 Å². The van der Waals surface area contributed by atoms with E-state index in [0.29, 0.717) is 0 Å². The maximum Gasteiger partial charge on any atom is 0.361 e. The van der Waals surface area contributed by atoms with E-state index < -0.39 is 5.97 Å². The summed E-state index contributed by atoms with van der Waals surface area (Å²) in [6.45, 7) is 0. The third-order valence-corrected chi connectivity index (χ3v) is 1.14. The molecule has 0 radical (unpaired) electrons. The van der Waals surface area contributed by atoms with Crippen LogP contribution < -0.4 is 6.15 Å². The smallest absolute Gasteiger partial charge is 0.361 e. The first-order valence-electron chi connectivity index (χ1n) is 3.14. The summed E-state index contributed by atoms with van der Waals surface area (Å²) >= 11 is 0. The van der Waals surface area contributed by atoms with Gasteiger partial charge in [-0.15, -0.1) is 0 Å². The number of rotatable bonds is 3. The molecule has 6 nitrogen and oxygen atoms in total. The van der Waals surface area contributed by atoms with Gasteiger partial charge in [0.15, 0.2) is 5.76 Å². The molecule has 0 fully saturated rings. The summed E-state index contributed by atoms with van der Waals surface area (Å²) in [4.78, 5) is 14.9. The molecule has 0 unspecified atom stereocenters. The van der Waals surface area contributed by atoms with Crippen molar-refractivity contribution in [2.75, 3.05) is 7.11 Å². The number of oxime groups is 1. The number of furan rings is 1. The molecule has 72 valence electrons. The van der Waals surface area contributed by atoms with Crippen LogP contribution in [-0.4, -0.2) is 23.9 Å². The lowest BCUT2D eigenvalue weighted by atomic mass is 10.3. The lowest BCUT2D eigenvalue weighted by Crippen LogP contribution is -2.13. The zero-order chi connectivity index (χ0) is 8.97. The van der Waals surface area contributed by atoms with Gasteiger partial charge in [0.1, 0.15) is 7.11 Å². The Morgan fingerprint density at radius 3 is 2.77 bits per heavy atom. The number of carboxylic acid groups (broad SMARTS) is 1. The van der Waals surface area contributed by atoms with Gasteiger partial charge >= 0.3 is 5.97 Å². The zero-order valence-electron chi connectivity index (χ0n) is 7.35. The molecule has 0 saturated heterocycles. The Morgan fingerprint density at radius 1 is 1.69 bits per heavy atom. The van der Waals surface area contributed by atoms with Gasteiger partial charge in [0.2, 0.25) is 5.71 Å². The Balaban J connectivity index is 0.00000144. The van der Waals surface area contributed by atoms with E-state index in [1.807, 2.05) is 0 Å². The van der Waals surface area contributed by atoms with Gasteiger partial charge in [-0.25, -0.2) is 4.79 Å². The fourth-order valence-corrected chi connectivity index (χ4v) is 0.694. The van der Waals surface area contributed by atoms with Gasteiger partial charge in [0.05, 0.1) is 6.26 Å². The largest absolute Gasteiger partial charge is 0.476 e. The molecule has 0 bridgehead atoms. The molecule has 5 N–H and O–H groups in total. The molecule has 13 heavy (non-hydrogen) atoms.